The topological polar surface area (TPSA) is 21.3 Å². The molecule has 19 heavy (non-hydrogen) atoms. The second-order valence-electron chi connectivity index (χ2n) is 5.88. The van der Waals surface area contributed by atoms with Crippen LogP contribution in [0.5, 0.6) is 0 Å². The summed E-state index contributed by atoms with van der Waals surface area (Å²) < 4.78 is 6.10. The van der Waals surface area contributed by atoms with E-state index in [1.54, 1.807) is 0 Å². The van der Waals surface area contributed by atoms with Gasteiger partial charge in [-0.15, -0.1) is 0 Å². The zero-order valence-corrected chi connectivity index (χ0v) is 12.5. The number of nitrogens with one attached hydrogen (secondary N) is 1. The first-order chi connectivity index (χ1) is 9.20. The van der Waals surface area contributed by atoms with Crippen LogP contribution in [0.2, 0.25) is 0 Å². The first kappa shape index (κ1) is 14.5. The normalized spacial score (nSPS) is 30.1. The van der Waals surface area contributed by atoms with Gasteiger partial charge in [0.15, 0.2) is 0 Å². The molecule has 2 rings (SSSR count). The Bertz CT molecular complexity index is 378. The molecule has 3 unspecified atom stereocenters. The van der Waals surface area contributed by atoms with Gasteiger partial charge in [-0.3, -0.25) is 0 Å². The molecule has 1 aromatic rings. The fourth-order valence-electron chi connectivity index (χ4n) is 3.14. The molecule has 1 fully saturated rings. The van der Waals surface area contributed by atoms with Crippen molar-refractivity contribution in [2.45, 2.75) is 51.7 Å². The van der Waals surface area contributed by atoms with Gasteiger partial charge in [-0.2, -0.15) is 0 Å². The Balaban J connectivity index is 1.69. The molecule has 2 nitrogen and oxygen atoms in total. The summed E-state index contributed by atoms with van der Waals surface area (Å²) >= 11 is 0. The van der Waals surface area contributed by atoms with Crippen LogP contribution in [0.15, 0.2) is 30.3 Å². The van der Waals surface area contributed by atoms with Gasteiger partial charge in [-0.25, -0.2) is 0 Å². The van der Waals surface area contributed by atoms with Crippen molar-refractivity contribution < 1.29 is 4.74 Å². The van der Waals surface area contributed by atoms with Crippen molar-refractivity contribution in [3.8, 4) is 0 Å². The largest absolute Gasteiger partial charge is 0.378 e. The summed E-state index contributed by atoms with van der Waals surface area (Å²) in [6, 6.07) is 11.3. The van der Waals surface area contributed by atoms with Crippen LogP contribution >= 0.6 is 0 Å². The Hall–Kier alpha value is -0.860. The van der Waals surface area contributed by atoms with E-state index >= 15 is 0 Å². The highest BCUT2D eigenvalue weighted by atomic mass is 16.5. The molecule has 0 saturated heterocycles. The first-order valence-corrected chi connectivity index (χ1v) is 7.53. The third-order valence-electron chi connectivity index (χ3n) is 4.86. The Morgan fingerprint density at radius 3 is 2.68 bits per heavy atom. The smallest absolute Gasteiger partial charge is 0.0658 e. The third kappa shape index (κ3) is 3.18. The predicted molar refractivity (Wildman–Crippen MR) is 80.4 cm³/mol. The third-order valence-corrected chi connectivity index (χ3v) is 4.86. The summed E-state index contributed by atoms with van der Waals surface area (Å²) in [6.07, 6.45) is 5.01. The molecule has 0 aromatic heterocycles. The highest BCUT2D eigenvalue weighted by Gasteiger charge is 2.50. The molecule has 2 heteroatoms. The molecule has 0 radical (unpaired) electrons. The van der Waals surface area contributed by atoms with E-state index < -0.39 is 0 Å². The summed E-state index contributed by atoms with van der Waals surface area (Å²) in [5.74, 6) is 0. The number of hydrogen-bond acceptors (Lipinski definition) is 2. The summed E-state index contributed by atoms with van der Waals surface area (Å²) in [5, 5.41) is 3.41. The van der Waals surface area contributed by atoms with Crippen LogP contribution in [0.25, 0.3) is 0 Å². The fourth-order valence-corrected chi connectivity index (χ4v) is 3.14. The maximum Gasteiger partial charge on any atom is 0.0658 e. The summed E-state index contributed by atoms with van der Waals surface area (Å²) in [6.45, 7) is 5.49. The van der Waals surface area contributed by atoms with E-state index in [1.165, 1.54) is 12.0 Å². The van der Waals surface area contributed by atoms with Gasteiger partial charge in [0.05, 0.1) is 6.10 Å². The molecule has 0 spiro atoms. The van der Waals surface area contributed by atoms with E-state index in [0.717, 1.165) is 25.9 Å². The van der Waals surface area contributed by atoms with Gasteiger partial charge < -0.3 is 10.1 Å². The Morgan fingerprint density at radius 2 is 2.05 bits per heavy atom. The number of aryl methyl sites for hydroxylation is 1. The minimum atomic E-state index is 0.321. The molecule has 0 amide bonds. The molecule has 1 aliphatic rings. The highest BCUT2D eigenvalue weighted by Crippen LogP contribution is 2.45. The maximum atomic E-state index is 6.10. The minimum absolute atomic E-state index is 0.321. The van der Waals surface area contributed by atoms with Crippen molar-refractivity contribution in [3.63, 3.8) is 0 Å². The van der Waals surface area contributed by atoms with Gasteiger partial charge in [-0.05, 0) is 38.3 Å². The molecule has 1 aromatic carbocycles. The molecular formula is C17H27NO. The molecule has 1 saturated carbocycles. The summed E-state index contributed by atoms with van der Waals surface area (Å²) in [4.78, 5) is 0. The summed E-state index contributed by atoms with van der Waals surface area (Å²) in [7, 11) is 2.06. The van der Waals surface area contributed by atoms with Crippen LogP contribution in [0, 0.1) is 5.41 Å². The van der Waals surface area contributed by atoms with Crippen LogP contribution in [0.4, 0.5) is 0 Å². The molecule has 1 N–H and O–H groups in total. The lowest BCUT2D eigenvalue weighted by molar-refractivity contribution is -0.127. The lowest BCUT2D eigenvalue weighted by atomic mass is 9.61. The molecule has 3 atom stereocenters. The first-order valence-electron chi connectivity index (χ1n) is 7.53. The molecule has 0 heterocycles. The second-order valence-corrected chi connectivity index (χ2v) is 5.88. The van der Waals surface area contributed by atoms with E-state index in [1.807, 2.05) is 0 Å². The van der Waals surface area contributed by atoms with Crippen LogP contribution in [-0.4, -0.2) is 25.8 Å². The van der Waals surface area contributed by atoms with Crippen LogP contribution in [0.3, 0.4) is 0 Å². The zero-order chi connectivity index (χ0) is 13.7. The van der Waals surface area contributed by atoms with Crippen LogP contribution < -0.4 is 5.32 Å². The average molecular weight is 261 g/mol. The van der Waals surface area contributed by atoms with E-state index in [0.29, 0.717) is 17.6 Å². The zero-order valence-electron chi connectivity index (χ0n) is 12.5. The lowest BCUT2D eigenvalue weighted by Crippen LogP contribution is -2.61. The van der Waals surface area contributed by atoms with E-state index in [4.69, 9.17) is 4.74 Å². The van der Waals surface area contributed by atoms with Crippen molar-refractivity contribution in [2.75, 3.05) is 13.7 Å². The van der Waals surface area contributed by atoms with Gasteiger partial charge in [0, 0.05) is 18.1 Å². The number of hydrogen-bond donors (Lipinski definition) is 1. The average Bonchev–Trinajstić information content (AvgIpc) is 2.45. The molecule has 1 aliphatic carbocycles. The lowest BCUT2D eigenvalue weighted by Gasteiger charge is -2.53. The quantitative estimate of drug-likeness (QED) is 0.759. The van der Waals surface area contributed by atoms with Gasteiger partial charge >= 0.3 is 0 Å². The Kier molecular flexibility index (Phi) is 5.00. The van der Waals surface area contributed by atoms with Gasteiger partial charge in [0.1, 0.15) is 0 Å². The number of ether oxygens (including phenoxy) is 1. The van der Waals surface area contributed by atoms with Crippen molar-refractivity contribution >= 4 is 0 Å². The molecule has 0 bridgehead atoms. The highest BCUT2D eigenvalue weighted by molar-refractivity contribution is 5.14. The monoisotopic (exact) mass is 261 g/mol. The molecular weight excluding hydrogens is 234 g/mol. The van der Waals surface area contributed by atoms with Crippen molar-refractivity contribution in [2.24, 2.45) is 5.41 Å². The van der Waals surface area contributed by atoms with Crippen molar-refractivity contribution in [1.29, 1.82) is 0 Å². The summed E-state index contributed by atoms with van der Waals surface area (Å²) in [5.41, 5.74) is 1.73. The SMILES string of the molecule is CCC1(C)C(NC)CC1OCCCc1ccccc1. The number of rotatable bonds is 7. The van der Waals surface area contributed by atoms with Crippen molar-refractivity contribution in [1.82, 2.24) is 5.32 Å². The van der Waals surface area contributed by atoms with E-state index in [2.05, 4.69) is 56.5 Å². The van der Waals surface area contributed by atoms with Gasteiger partial charge in [-0.1, -0.05) is 44.2 Å². The standard InChI is InChI=1S/C17H27NO/c1-4-17(2)15(18-3)13-16(17)19-12-8-11-14-9-6-5-7-10-14/h5-7,9-10,15-16,18H,4,8,11-13H2,1-3H3. The van der Waals surface area contributed by atoms with Crippen LogP contribution in [0.1, 0.15) is 38.7 Å². The Labute approximate surface area is 117 Å². The van der Waals surface area contributed by atoms with E-state index in [-0.39, 0.29) is 0 Å². The second kappa shape index (κ2) is 6.53. The molecule has 106 valence electrons. The maximum absolute atomic E-state index is 6.10. The minimum Gasteiger partial charge on any atom is -0.378 e. The van der Waals surface area contributed by atoms with E-state index in [9.17, 15) is 0 Å². The van der Waals surface area contributed by atoms with Gasteiger partial charge in [0.2, 0.25) is 0 Å². The Morgan fingerprint density at radius 1 is 1.32 bits per heavy atom. The number of benzene rings is 1. The van der Waals surface area contributed by atoms with Crippen molar-refractivity contribution in [3.05, 3.63) is 35.9 Å². The van der Waals surface area contributed by atoms with Gasteiger partial charge in [0.25, 0.3) is 0 Å². The fraction of sp³-hybridized carbons (Fsp3) is 0.647. The van der Waals surface area contributed by atoms with Crippen LogP contribution in [-0.2, 0) is 11.2 Å². The molecule has 0 aliphatic heterocycles. The predicted octanol–water partition coefficient (Wildman–Crippen LogP) is 3.41.